The second-order valence-corrected chi connectivity index (χ2v) is 4.98. The van der Waals surface area contributed by atoms with E-state index >= 15 is 0 Å². The first kappa shape index (κ1) is 12.5. The number of amides is 1. The number of ether oxygens (including phenoxy) is 2. The zero-order valence-corrected chi connectivity index (χ0v) is 11.0. The van der Waals surface area contributed by atoms with Crippen molar-refractivity contribution in [2.45, 2.75) is 25.6 Å². The molecule has 1 aromatic heterocycles. The molecule has 0 aromatic carbocycles. The molecule has 0 unspecified atom stereocenters. The van der Waals surface area contributed by atoms with Crippen LogP contribution in [0.15, 0.2) is 12.4 Å². The lowest BCUT2D eigenvalue weighted by Crippen LogP contribution is -2.51. The predicted octanol–water partition coefficient (Wildman–Crippen LogP) is 0.764. The second kappa shape index (κ2) is 4.86. The largest absolute Gasteiger partial charge is 0.346 e. The highest BCUT2D eigenvalue weighted by Crippen LogP contribution is 2.30. The highest BCUT2D eigenvalue weighted by Gasteiger charge is 2.42. The van der Waals surface area contributed by atoms with Gasteiger partial charge in [-0.3, -0.25) is 9.78 Å². The number of aromatic nitrogens is 2. The van der Waals surface area contributed by atoms with E-state index in [-0.39, 0.29) is 5.91 Å². The van der Waals surface area contributed by atoms with Crippen molar-refractivity contribution < 1.29 is 14.3 Å². The maximum atomic E-state index is 12.4. The molecule has 1 aromatic rings. The van der Waals surface area contributed by atoms with Gasteiger partial charge in [0, 0.05) is 19.2 Å². The summed E-state index contributed by atoms with van der Waals surface area (Å²) in [4.78, 5) is 22.4. The number of rotatable bonds is 1. The van der Waals surface area contributed by atoms with E-state index in [2.05, 4.69) is 9.97 Å². The van der Waals surface area contributed by atoms with E-state index in [0.29, 0.717) is 32.0 Å². The molecule has 2 saturated heterocycles. The van der Waals surface area contributed by atoms with E-state index in [4.69, 9.17) is 9.47 Å². The van der Waals surface area contributed by atoms with Gasteiger partial charge < -0.3 is 14.4 Å². The van der Waals surface area contributed by atoms with Crippen molar-refractivity contribution in [2.24, 2.45) is 0 Å². The zero-order chi connectivity index (χ0) is 13.3. The van der Waals surface area contributed by atoms with Crippen molar-refractivity contribution in [2.75, 3.05) is 26.3 Å². The number of nitrogens with zero attached hydrogens (tertiary/aromatic N) is 3. The number of piperidine rings is 1. The molecular formula is C13H17N3O3. The van der Waals surface area contributed by atoms with Gasteiger partial charge in [0.1, 0.15) is 5.69 Å². The fourth-order valence-electron chi connectivity index (χ4n) is 2.56. The molecule has 1 spiro atoms. The Hall–Kier alpha value is -1.53. The Morgan fingerprint density at radius 1 is 1.32 bits per heavy atom. The van der Waals surface area contributed by atoms with E-state index in [1.165, 1.54) is 6.20 Å². The lowest BCUT2D eigenvalue weighted by Gasteiger charge is -2.38. The van der Waals surface area contributed by atoms with Gasteiger partial charge >= 0.3 is 0 Å². The molecule has 2 aliphatic rings. The van der Waals surface area contributed by atoms with Gasteiger partial charge in [-0.05, 0) is 13.3 Å². The number of likely N-dealkylation sites (tertiary alicyclic amines) is 1. The Morgan fingerprint density at radius 3 is 2.79 bits per heavy atom. The van der Waals surface area contributed by atoms with Crippen LogP contribution in [0.1, 0.15) is 29.0 Å². The van der Waals surface area contributed by atoms with Crippen molar-refractivity contribution >= 4 is 5.91 Å². The van der Waals surface area contributed by atoms with Gasteiger partial charge in [-0.25, -0.2) is 4.98 Å². The highest BCUT2D eigenvalue weighted by molar-refractivity contribution is 5.92. The van der Waals surface area contributed by atoms with Crippen LogP contribution in [0.25, 0.3) is 0 Å². The molecule has 0 aliphatic carbocycles. The van der Waals surface area contributed by atoms with Crippen LogP contribution >= 0.6 is 0 Å². The van der Waals surface area contributed by atoms with Crippen LogP contribution in [-0.4, -0.2) is 52.9 Å². The van der Waals surface area contributed by atoms with Crippen LogP contribution < -0.4 is 0 Å². The lowest BCUT2D eigenvalue weighted by atomic mass is 10.0. The van der Waals surface area contributed by atoms with Crippen LogP contribution in [0.2, 0.25) is 0 Å². The summed E-state index contributed by atoms with van der Waals surface area (Å²) in [5.41, 5.74) is 1.18. The highest BCUT2D eigenvalue weighted by atomic mass is 16.7. The molecule has 19 heavy (non-hydrogen) atoms. The monoisotopic (exact) mass is 263 g/mol. The van der Waals surface area contributed by atoms with Gasteiger partial charge in [-0.2, -0.15) is 0 Å². The molecular weight excluding hydrogens is 246 g/mol. The van der Waals surface area contributed by atoms with Gasteiger partial charge in [0.15, 0.2) is 5.79 Å². The molecule has 0 atom stereocenters. The van der Waals surface area contributed by atoms with Crippen molar-refractivity contribution in [3.05, 3.63) is 23.8 Å². The molecule has 3 rings (SSSR count). The summed E-state index contributed by atoms with van der Waals surface area (Å²) >= 11 is 0. The zero-order valence-electron chi connectivity index (χ0n) is 11.0. The van der Waals surface area contributed by atoms with Gasteiger partial charge in [-0.15, -0.1) is 0 Å². The average Bonchev–Trinajstić information content (AvgIpc) is 2.87. The molecule has 6 heteroatoms. The van der Waals surface area contributed by atoms with Crippen LogP contribution in [0, 0.1) is 6.92 Å². The normalized spacial score (nSPS) is 21.8. The van der Waals surface area contributed by atoms with Crippen LogP contribution in [0.5, 0.6) is 0 Å². The number of carbonyl (C=O) groups is 1. The lowest BCUT2D eigenvalue weighted by molar-refractivity contribution is -0.183. The Bertz CT molecular complexity index is 469. The van der Waals surface area contributed by atoms with E-state index < -0.39 is 5.79 Å². The summed E-state index contributed by atoms with van der Waals surface area (Å²) in [5, 5.41) is 0. The van der Waals surface area contributed by atoms with Gasteiger partial charge in [0.2, 0.25) is 0 Å². The number of hydrogen-bond acceptors (Lipinski definition) is 5. The maximum absolute atomic E-state index is 12.4. The molecule has 0 saturated carbocycles. The Labute approximate surface area is 111 Å². The SMILES string of the molecule is Cc1cnc(C(=O)N2CCCC3(C2)OCCO3)cn1. The second-order valence-electron chi connectivity index (χ2n) is 4.98. The van der Waals surface area contributed by atoms with Crippen molar-refractivity contribution in [1.29, 1.82) is 0 Å². The first-order chi connectivity index (χ1) is 9.19. The van der Waals surface area contributed by atoms with Crippen molar-refractivity contribution in [1.82, 2.24) is 14.9 Å². The van der Waals surface area contributed by atoms with E-state index in [9.17, 15) is 4.79 Å². The minimum Gasteiger partial charge on any atom is -0.346 e. The first-order valence-electron chi connectivity index (χ1n) is 6.54. The van der Waals surface area contributed by atoms with Crippen LogP contribution in [-0.2, 0) is 9.47 Å². The van der Waals surface area contributed by atoms with Crippen LogP contribution in [0.3, 0.4) is 0 Å². The maximum Gasteiger partial charge on any atom is 0.274 e. The number of carbonyl (C=O) groups excluding carboxylic acids is 1. The fraction of sp³-hybridized carbons (Fsp3) is 0.615. The van der Waals surface area contributed by atoms with E-state index in [1.807, 2.05) is 6.92 Å². The fourth-order valence-corrected chi connectivity index (χ4v) is 2.56. The quantitative estimate of drug-likeness (QED) is 0.748. The predicted molar refractivity (Wildman–Crippen MR) is 66.5 cm³/mol. The minimum absolute atomic E-state index is 0.106. The Kier molecular flexibility index (Phi) is 3.20. The van der Waals surface area contributed by atoms with Gasteiger partial charge in [0.05, 0.1) is 31.6 Å². The Morgan fingerprint density at radius 2 is 2.11 bits per heavy atom. The summed E-state index contributed by atoms with van der Waals surface area (Å²) < 4.78 is 11.3. The molecule has 1 amide bonds. The molecule has 2 aliphatic heterocycles. The molecule has 102 valence electrons. The van der Waals surface area contributed by atoms with Crippen molar-refractivity contribution in [3.8, 4) is 0 Å². The molecule has 0 radical (unpaired) electrons. The van der Waals surface area contributed by atoms with E-state index in [0.717, 1.165) is 18.5 Å². The third-order valence-electron chi connectivity index (χ3n) is 3.52. The molecule has 0 bridgehead atoms. The van der Waals surface area contributed by atoms with E-state index in [1.54, 1.807) is 11.1 Å². The molecule has 6 nitrogen and oxygen atoms in total. The standard InChI is InChI=1S/C13H17N3O3/c1-10-7-15-11(8-14-10)12(17)16-4-2-3-13(9-16)18-5-6-19-13/h7-8H,2-6,9H2,1H3. The summed E-state index contributed by atoms with van der Waals surface area (Å²) in [6.07, 6.45) is 4.85. The molecule has 0 N–H and O–H groups in total. The number of hydrogen-bond donors (Lipinski definition) is 0. The third kappa shape index (κ3) is 2.46. The number of aryl methyl sites for hydroxylation is 1. The minimum atomic E-state index is -0.591. The topological polar surface area (TPSA) is 64.6 Å². The first-order valence-corrected chi connectivity index (χ1v) is 6.54. The average molecular weight is 263 g/mol. The van der Waals surface area contributed by atoms with Crippen LogP contribution in [0.4, 0.5) is 0 Å². The third-order valence-corrected chi connectivity index (χ3v) is 3.52. The summed E-state index contributed by atoms with van der Waals surface area (Å²) in [7, 11) is 0. The summed E-state index contributed by atoms with van der Waals surface area (Å²) in [5.74, 6) is -0.697. The smallest absolute Gasteiger partial charge is 0.274 e. The molecule has 2 fully saturated rings. The van der Waals surface area contributed by atoms with Gasteiger partial charge in [-0.1, -0.05) is 0 Å². The Balaban J connectivity index is 1.74. The summed E-state index contributed by atoms with van der Waals surface area (Å²) in [6, 6.07) is 0. The van der Waals surface area contributed by atoms with Gasteiger partial charge in [0.25, 0.3) is 5.91 Å². The molecule has 3 heterocycles. The van der Waals surface area contributed by atoms with Crippen molar-refractivity contribution in [3.63, 3.8) is 0 Å². The summed E-state index contributed by atoms with van der Waals surface area (Å²) in [6.45, 7) is 4.24.